The lowest BCUT2D eigenvalue weighted by atomic mass is 10.2. The lowest BCUT2D eigenvalue weighted by Gasteiger charge is -2.20. The second-order valence-electron chi connectivity index (χ2n) is 6.01. The average Bonchev–Trinajstić information content (AvgIpc) is 3.16. The molecule has 126 valence electrons. The fraction of sp³-hybridized carbons (Fsp3) is 0.211. The number of aromatic nitrogens is 2. The molecule has 3 aromatic rings. The standard InChI is InChI=1S/C19H17ClN4O/c20-14-8-2-1-7-13(14)19(25)23-17-18(24-11-5-6-12-24)22-16-10-4-3-9-15(16)21-17/h1-4,7-10H,5-6,11-12H2,(H,21,23,25). The Balaban J connectivity index is 1.75. The summed E-state index contributed by atoms with van der Waals surface area (Å²) in [5.74, 6) is 0.915. The average molecular weight is 353 g/mol. The molecule has 0 saturated carbocycles. The molecular formula is C19H17ClN4O. The van der Waals surface area contributed by atoms with Crippen LogP contribution in [-0.2, 0) is 0 Å². The van der Waals surface area contributed by atoms with Gasteiger partial charge in [0.1, 0.15) is 0 Å². The summed E-state index contributed by atoms with van der Waals surface area (Å²) in [7, 11) is 0. The second-order valence-corrected chi connectivity index (χ2v) is 6.42. The number of carbonyl (C=O) groups is 1. The van der Waals surface area contributed by atoms with E-state index in [0.29, 0.717) is 16.4 Å². The van der Waals surface area contributed by atoms with Gasteiger partial charge in [-0.2, -0.15) is 0 Å². The van der Waals surface area contributed by atoms with Crippen molar-refractivity contribution < 1.29 is 4.79 Å². The highest BCUT2D eigenvalue weighted by atomic mass is 35.5. The number of hydrogen-bond donors (Lipinski definition) is 1. The van der Waals surface area contributed by atoms with Crippen molar-refractivity contribution in [3.05, 3.63) is 59.1 Å². The first-order valence-corrected chi connectivity index (χ1v) is 8.68. The van der Waals surface area contributed by atoms with Gasteiger partial charge < -0.3 is 10.2 Å². The Morgan fingerprint density at radius 3 is 2.32 bits per heavy atom. The van der Waals surface area contributed by atoms with Crippen LogP contribution in [0.5, 0.6) is 0 Å². The molecule has 0 radical (unpaired) electrons. The summed E-state index contributed by atoms with van der Waals surface area (Å²) in [4.78, 5) is 24.2. The van der Waals surface area contributed by atoms with E-state index in [2.05, 4.69) is 15.2 Å². The number of benzene rings is 2. The normalized spacial score (nSPS) is 14.0. The lowest BCUT2D eigenvalue weighted by Crippen LogP contribution is -2.23. The molecule has 2 heterocycles. The van der Waals surface area contributed by atoms with Gasteiger partial charge in [-0.15, -0.1) is 0 Å². The van der Waals surface area contributed by atoms with Crippen molar-refractivity contribution in [3.63, 3.8) is 0 Å². The van der Waals surface area contributed by atoms with Crippen molar-refractivity contribution in [1.29, 1.82) is 0 Å². The Hall–Kier alpha value is -2.66. The minimum Gasteiger partial charge on any atom is -0.354 e. The first kappa shape index (κ1) is 15.8. The Bertz CT molecular complexity index is 938. The Morgan fingerprint density at radius 1 is 0.960 bits per heavy atom. The monoisotopic (exact) mass is 352 g/mol. The van der Waals surface area contributed by atoms with Gasteiger partial charge in [0.2, 0.25) is 0 Å². The number of anilines is 2. The Morgan fingerprint density at radius 2 is 1.60 bits per heavy atom. The SMILES string of the molecule is O=C(Nc1nc2ccccc2nc1N1CCCC1)c1ccccc1Cl. The fourth-order valence-corrected chi connectivity index (χ4v) is 3.27. The third-order valence-corrected chi connectivity index (χ3v) is 4.64. The van der Waals surface area contributed by atoms with Gasteiger partial charge in [0.25, 0.3) is 5.91 Å². The molecule has 5 nitrogen and oxygen atoms in total. The highest BCUT2D eigenvalue weighted by Gasteiger charge is 2.21. The van der Waals surface area contributed by atoms with Crippen LogP contribution in [-0.4, -0.2) is 29.0 Å². The van der Waals surface area contributed by atoms with Gasteiger partial charge in [0, 0.05) is 13.1 Å². The number of carbonyl (C=O) groups excluding carboxylic acids is 1. The van der Waals surface area contributed by atoms with Crippen LogP contribution in [0.4, 0.5) is 11.6 Å². The quantitative estimate of drug-likeness (QED) is 0.769. The Kier molecular flexibility index (Phi) is 4.24. The number of hydrogen-bond acceptors (Lipinski definition) is 4. The number of nitrogens with zero attached hydrogens (tertiary/aromatic N) is 3. The van der Waals surface area contributed by atoms with E-state index < -0.39 is 0 Å². The summed E-state index contributed by atoms with van der Waals surface area (Å²) in [6, 6.07) is 14.6. The predicted octanol–water partition coefficient (Wildman–Crippen LogP) is 4.14. The van der Waals surface area contributed by atoms with E-state index in [4.69, 9.17) is 16.6 Å². The van der Waals surface area contributed by atoms with E-state index in [9.17, 15) is 4.79 Å². The smallest absolute Gasteiger partial charge is 0.258 e. The van der Waals surface area contributed by atoms with Crippen LogP contribution in [0.1, 0.15) is 23.2 Å². The summed E-state index contributed by atoms with van der Waals surface area (Å²) in [6.45, 7) is 1.84. The van der Waals surface area contributed by atoms with Gasteiger partial charge in [-0.25, -0.2) is 9.97 Å². The van der Waals surface area contributed by atoms with Crippen molar-refractivity contribution in [2.24, 2.45) is 0 Å². The molecule has 0 bridgehead atoms. The molecule has 1 aliphatic heterocycles. The fourth-order valence-electron chi connectivity index (χ4n) is 3.04. The molecule has 0 aliphatic carbocycles. The number of nitrogens with one attached hydrogen (secondary N) is 1. The predicted molar refractivity (Wildman–Crippen MR) is 100 cm³/mol. The van der Waals surface area contributed by atoms with E-state index in [-0.39, 0.29) is 5.91 Å². The van der Waals surface area contributed by atoms with E-state index in [0.717, 1.165) is 42.8 Å². The molecule has 4 rings (SSSR count). The van der Waals surface area contributed by atoms with E-state index >= 15 is 0 Å². The molecule has 1 aromatic heterocycles. The maximum absolute atomic E-state index is 12.7. The number of halogens is 1. The largest absolute Gasteiger partial charge is 0.354 e. The first-order valence-electron chi connectivity index (χ1n) is 8.30. The van der Waals surface area contributed by atoms with Gasteiger partial charge in [0.15, 0.2) is 11.6 Å². The zero-order chi connectivity index (χ0) is 17.2. The number of fused-ring (bicyclic) bond motifs is 1. The lowest BCUT2D eigenvalue weighted by molar-refractivity contribution is 0.102. The summed E-state index contributed by atoms with van der Waals surface area (Å²) >= 11 is 6.14. The molecule has 1 N–H and O–H groups in total. The number of amides is 1. The third kappa shape index (κ3) is 3.15. The molecule has 0 spiro atoms. The van der Waals surface area contributed by atoms with Crippen molar-refractivity contribution in [3.8, 4) is 0 Å². The van der Waals surface area contributed by atoms with Crippen LogP contribution in [0.25, 0.3) is 11.0 Å². The molecule has 25 heavy (non-hydrogen) atoms. The number of rotatable bonds is 3. The zero-order valence-electron chi connectivity index (χ0n) is 13.6. The van der Waals surface area contributed by atoms with Crippen molar-refractivity contribution in [1.82, 2.24) is 9.97 Å². The van der Waals surface area contributed by atoms with Crippen LogP contribution in [0.2, 0.25) is 5.02 Å². The molecule has 0 unspecified atom stereocenters. The van der Waals surface area contributed by atoms with Crippen molar-refractivity contribution >= 4 is 40.2 Å². The van der Waals surface area contributed by atoms with Crippen LogP contribution in [0.15, 0.2) is 48.5 Å². The minimum atomic E-state index is -0.282. The van der Waals surface area contributed by atoms with Crippen molar-refractivity contribution in [2.45, 2.75) is 12.8 Å². The first-order chi connectivity index (χ1) is 12.2. The molecule has 1 saturated heterocycles. The maximum Gasteiger partial charge on any atom is 0.258 e. The minimum absolute atomic E-state index is 0.282. The molecule has 0 atom stereocenters. The number of para-hydroxylation sites is 2. The zero-order valence-corrected chi connectivity index (χ0v) is 14.3. The molecular weight excluding hydrogens is 336 g/mol. The van der Waals surface area contributed by atoms with Gasteiger partial charge >= 0.3 is 0 Å². The molecule has 2 aromatic carbocycles. The highest BCUT2D eigenvalue weighted by molar-refractivity contribution is 6.34. The topological polar surface area (TPSA) is 58.1 Å². The van der Waals surface area contributed by atoms with Gasteiger partial charge in [0.05, 0.1) is 21.6 Å². The maximum atomic E-state index is 12.7. The second kappa shape index (κ2) is 6.69. The molecule has 1 fully saturated rings. The Labute approximate surface area is 150 Å². The van der Waals surface area contributed by atoms with E-state index in [1.807, 2.05) is 24.3 Å². The van der Waals surface area contributed by atoms with Gasteiger partial charge in [-0.05, 0) is 37.1 Å². The van der Waals surface area contributed by atoms with E-state index in [1.54, 1.807) is 24.3 Å². The molecule has 6 heteroatoms. The van der Waals surface area contributed by atoms with Crippen molar-refractivity contribution in [2.75, 3.05) is 23.3 Å². The van der Waals surface area contributed by atoms with Crippen LogP contribution >= 0.6 is 11.6 Å². The summed E-state index contributed by atoms with van der Waals surface area (Å²) in [5.41, 5.74) is 1.99. The molecule has 1 aliphatic rings. The van der Waals surface area contributed by atoms with Crippen LogP contribution in [0, 0.1) is 0 Å². The summed E-state index contributed by atoms with van der Waals surface area (Å²) in [6.07, 6.45) is 2.23. The van der Waals surface area contributed by atoms with Crippen LogP contribution in [0.3, 0.4) is 0 Å². The van der Waals surface area contributed by atoms with Crippen LogP contribution < -0.4 is 10.2 Å². The van der Waals surface area contributed by atoms with E-state index in [1.165, 1.54) is 0 Å². The highest BCUT2D eigenvalue weighted by Crippen LogP contribution is 2.28. The third-order valence-electron chi connectivity index (χ3n) is 4.31. The van der Waals surface area contributed by atoms with Gasteiger partial charge in [-0.1, -0.05) is 35.9 Å². The summed E-state index contributed by atoms with van der Waals surface area (Å²) in [5, 5.41) is 3.31. The summed E-state index contributed by atoms with van der Waals surface area (Å²) < 4.78 is 0. The van der Waals surface area contributed by atoms with Gasteiger partial charge in [-0.3, -0.25) is 4.79 Å². The molecule has 1 amide bonds.